The van der Waals surface area contributed by atoms with Crippen molar-refractivity contribution in [1.29, 1.82) is 0 Å². The van der Waals surface area contributed by atoms with Gasteiger partial charge in [-0.3, -0.25) is 0 Å². The number of ether oxygens (including phenoxy) is 2. The fourth-order valence-corrected chi connectivity index (χ4v) is 3.69. The highest BCUT2D eigenvalue weighted by Crippen LogP contribution is 2.27. The molecule has 2 aromatic heterocycles. The molecule has 3 aromatic rings. The molecule has 1 saturated carbocycles. The number of nitrogens with one attached hydrogen (secondary N) is 1. The zero-order valence-corrected chi connectivity index (χ0v) is 17.7. The van der Waals surface area contributed by atoms with Crippen molar-refractivity contribution in [2.45, 2.75) is 58.3 Å². The normalized spacial score (nSPS) is 14.2. The molecule has 4 rings (SSSR count). The van der Waals surface area contributed by atoms with Crippen molar-refractivity contribution in [1.82, 2.24) is 15.5 Å². The van der Waals surface area contributed by atoms with Gasteiger partial charge < -0.3 is 19.3 Å². The molecule has 0 bridgehead atoms. The van der Waals surface area contributed by atoms with E-state index in [2.05, 4.69) is 15.5 Å². The van der Waals surface area contributed by atoms with E-state index >= 15 is 0 Å². The summed E-state index contributed by atoms with van der Waals surface area (Å²) in [5.41, 5.74) is 3.04. The lowest BCUT2D eigenvalue weighted by Crippen LogP contribution is -2.24. The Balaban J connectivity index is 1.35. The van der Waals surface area contributed by atoms with Crippen LogP contribution in [0.2, 0.25) is 0 Å². The number of alkyl carbamates (subject to hydrolysis) is 1. The molecule has 1 aromatic carbocycles. The molecule has 0 unspecified atom stereocenters. The lowest BCUT2D eigenvalue weighted by Gasteiger charge is -2.22. The number of benzene rings is 1. The third-order valence-corrected chi connectivity index (χ3v) is 5.43. The Morgan fingerprint density at radius 2 is 1.94 bits per heavy atom. The van der Waals surface area contributed by atoms with Gasteiger partial charge in [-0.2, -0.15) is 0 Å². The standard InChI is InChI=1S/C24H27N3O4/c1-17-21(15-26-24(28)29-16-18-8-4-2-5-9-18)23(31-27-17)22-13-12-20(14-25-22)30-19-10-6-3-7-11-19/h2,4-5,8-9,12-14,19H,3,6-7,10-11,15-16H2,1H3,(H,26,28). The zero-order chi connectivity index (χ0) is 21.5. The van der Waals surface area contributed by atoms with E-state index in [1.165, 1.54) is 19.3 Å². The summed E-state index contributed by atoms with van der Waals surface area (Å²) < 4.78 is 16.8. The molecule has 1 aliphatic rings. The summed E-state index contributed by atoms with van der Waals surface area (Å²) in [6.45, 7) is 2.28. The van der Waals surface area contributed by atoms with Crippen LogP contribution in [0.4, 0.5) is 4.79 Å². The van der Waals surface area contributed by atoms with E-state index in [0.717, 1.165) is 29.7 Å². The number of hydrogen-bond acceptors (Lipinski definition) is 6. The first-order valence-electron chi connectivity index (χ1n) is 10.7. The molecule has 1 N–H and O–H groups in total. The highest BCUT2D eigenvalue weighted by Gasteiger charge is 2.19. The monoisotopic (exact) mass is 421 g/mol. The van der Waals surface area contributed by atoms with Crippen LogP contribution in [0.5, 0.6) is 5.75 Å². The Bertz CT molecular complexity index is 980. The minimum atomic E-state index is -0.500. The van der Waals surface area contributed by atoms with Gasteiger partial charge in [0.05, 0.1) is 24.5 Å². The van der Waals surface area contributed by atoms with Crippen LogP contribution in [0.25, 0.3) is 11.5 Å². The minimum Gasteiger partial charge on any atom is -0.489 e. The third kappa shape index (κ3) is 5.63. The van der Waals surface area contributed by atoms with Gasteiger partial charge in [0, 0.05) is 5.56 Å². The number of carbonyl (C=O) groups excluding carboxylic acids is 1. The van der Waals surface area contributed by atoms with Crippen LogP contribution in [0.1, 0.15) is 48.9 Å². The van der Waals surface area contributed by atoms with Gasteiger partial charge in [-0.15, -0.1) is 0 Å². The first-order valence-corrected chi connectivity index (χ1v) is 10.7. The number of carbonyl (C=O) groups is 1. The summed E-state index contributed by atoms with van der Waals surface area (Å²) in [5, 5.41) is 6.80. The quantitative estimate of drug-likeness (QED) is 0.565. The maximum atomic E-state index is 12.1. The Labute approximate surface area is 181 Å². The molecule has 7 nitrogen and oxygen atoms in total. The Hall–Kier alpha value is -3.35. The van der Waals surface area contributed by atoms with Gasteiger partial charge in [-0.1, -0.05) is 41.9 Å². The molecule has 1 amide bonds. The molecule has 1 fully saturated rings. The van der Waals surface area contributed by atoms with E-state index in [0.29, 0.717) is 17.1 Å². The van der Waals surface area contributed by atoms with Crippen LogP contribution in [-0.4, -0.2) is 22.3 Å². The SMILES string of the molecule is Cc1noc(-c2ccc(OC3CCCCC3)cn2)c1CNC(=O)OCc1ccccc1. The van der Waals surface area contributed by atoms with Crippen molar-refractivity contribution in [2.75, 3.05) is 0 Å². The summed E-state index contributed by atoms with van der Waals surface area (Å²) in [7, 11) is 0. The van der Waals surface area contributed by atoms with E-state index in [1.54, 1.807) is 6.20 Å². The van der Waals surface area contributed by atoms with E-state index in [1.807, 2.05) is 49.4 Å². The van der Waals surface area contributed by atoms with Crippen LogP contribution in [0, 0.1) is 6.92 Å². The highest BCUT2D eigenvalue weighted by atomic mass is 16.5. The number of aromatic nitrogens is 2. The first-order chi connectivity index (χ1) is 15.2. The summed E-state index contributed by atoms with van der Waals surface area (Å²) in [6, 6.07) is 13.3. The fraction of sp³-hybridized carbons (Fsp3) is 0.375. The molecule has 31 heavy (non-hydrogen) atoms. The fourth-order valence-electron chi connectivity index (χ4n) is 3.69. The molecule has 0 spiro atoms. The predicted octanol–water partition coefficient (Wildman–Crippen LogP) is 5.18. The maximum Gasteiger partial charge on any atom is 0.407 e. The molecule has 162 valence electrons. The summed E-state index contributed by atoms with van der Waals surface area (Å²) in [6.07, 6.45) is 7.41. The van der Waals surface area contributed by atoms with Crippen molar-refractivity contribution >= 4 is 6.09 Å². The van der Waals surface area contributed by atoms with E-state index in [9.17, 15) is 4.79 Å². The van der Waals surface area contributed by atoms with Gasteiger partial charge in [-0.25, -0.2) is 9.78 Å². The van der Waals surface area contributed by atoms with Gasteiger partial charge in [0.2, 0.25) is 0 Å². The summed E-state index contributed by atoms with van der Waals surface area (Å²) >= 11 is 0. The third-order valence-electron chi connectivity index (χ3n) is 5.43. The number of pyridine rings is 1. The molecule has 0 aliphatic heterocycles. The van der Waals surface area contributed by atoms with E-state index in [4.69, 9.17) is 14.0 Å². The Kier molecular flexibility index (Phi) is 6.82. The van der Waals surface area contributed by atoms with Gasteiger partial charge in [0.25, 0.3) is 0 Å². The smallest absolute Gasteiger partial charge is 0.407 e. The van der Waals surface area contributed by atoms with Crippen molar-refractivity contribution in [3.8, 4) is 17.2 Å². The second-order valence-corrected chi connectivity index (χ2v) is 7.75. The van der Waals surface area contributed by atoms with Crippen LogP contribution in [0.15, 0.2) is 53.2 Å². The summed E-state index contributed by atoms with van der Waals surface area (Å²) in [5.74, 6) is 1.29. The van der Waals surface area contributed by atoms with Crippen LogP contribution < -0.4 is 10.1 Å². The number of aryl methyl sites for hydroxylation is 1. The number of nitrogens with zero attached hydrogens (tertiary/aromatic N) is 2. The maximum absolute atomic E-state index is 12.1. The van der Waals surface area contributed by atoms with Gasteiger partial charge >= 0.3 is 6.09 Å². The van der Waals surface area contributed by atoms with Crippen molar-refractivity contribution < 1.29 is 18.8 Å². The van der Waals surface area contributed by atoms with Crippen LogP contribution >= 0.6 is 0 Å². The topological polar surface area (TPSA) is 86.5 Å². The summed E-state index contributed by atoms with van der Waals surface area (Å²) in [4.78, 5) is 16.6. The second-order valence-electron chi connectivity index (χ2n) is 7.75. The minimum absolute atomic E-state index is 0.214. The van der Waals surface area contributed by atoms with Gasteiger partial charge in [-0.05, 0) is 50.3 Å². The number of rotatable bonds is 7. The number of hydrogen-bond donors (Lipinski definition) is 1. The number of amides is 1. The predicted molar refractivity (Wildman–Crippen MR) is 115 cm³/mol. The second kappa shape index (κ2) is 10.1. The Morgan fingerprint density at radius 3 is 2.68 bits per heavy atom. The molecule has 0 saturated heterocycles. The zero-order valence-electron chi connectivity index (χ0n) is 17.7. The molecule has 1 aliphatic carbocycles. The lowest BCUT2D eigenvalue weighted by atomic mass is 9.98. The molecular formula is C24H27N3O4. The average Bonchev–Trinajstić information content (AvgIpc) is 3.18. The molecule has 7 heteroatoms. The van der Waals surface area contributed by atoms with Crippen molar-refractivity contribution in [3.63, 3.8) is 0 Å². The van der Waals surface area contributed by atoms with Crippen molar-refractivity contribution in [2.24, 2.45) is 0 Å². The van der Waals surface area contributed by atoms with Gasteiger partial charge in [0.15, 0.2) is 5.76 Å². The Morgan fingerprint density at radius 1 is 1.13 bits per heavy atom. The highest BCUT2D eigenvalue weighted by molar-refractivity contribution is 5.68. The van der Waals surface area contributed by atoms with Crippen LogP contribution in [0.3, 0.4) is 0 Å². The lowest BCUT2D eigenvalue weighted by molar-refractivity contribution is 0.139. The largest absolute Gasteiger partial charge is 0.489 e. The van der Waals surface area contributed by atoms with E-state index < -0.39 is 6.09 Å². The first kappa shape index (κ1) is 20.9. The van der Waals surface area contributed by atoms with E-state index in [-0.39, 0.29) is 19.3 Å². The van der Waals surface area contributed by atoms with Crippen molar-refractivity contribution in [3.05, 3.63) is 65.5 Å². The molecule has 0 radical (unpaired) electrons. The van der Waals surface area contributed by atoms with Crippen LogP contribution in [-0.2, 0) is 17.9 Å². The molecule has 2 heterocycles. The molecule has 0 atom stereocenters. The average molecular weight is 421 g/mol. The van der Waals surface area contributed by atoms with Gasteiger partial charge in [0.1, 0.15) is 18.1 Å². The molecular weight excluding hydrogens is 394 g/mol.